The Morgan fingerprint density at radius 2 is 1.55 bits per heavy atom. The maximum Gasteiger partial charge on any atom is 0.316 e. The third-order valence-electron chi connectivity index (χ3n) is 8.85. The first-order valence-corrected chi connectivity index (χ1v) is 18.9. The van der Waals surface area contributed by atoms with Crippen LogP contribution >= 0.6 is 0 Å². The highest BCUT2D eigenvalue weighted by molar-refractivity contribution is 6.00. The van der Waals surface area contributed by atoms with Crippen LogP contribution < -0.4 is 0 Å². The van der Waals surface area contributed by atoms with Crippen molar-refractivity contribution in [3.8, 4) is 0 Å². The fourth-order valence-electron chi connectivity index (χ4n) is 5.88. The van der Waals surface area contributed by atoms with Crippen LogP contribution in [-0.2, 0) is 23.9 Å². The molecule has 1 N–H and O–H groups in total. The summed E-state index contributed by atoms with van der Waals surface area (Å²) in [6.07, 6.45) is 7.31. The van der Waals surface area contributed by atoms with Gasteiger partial charge < -0.3 is 24.4 Å². The summed E-state index contributed by atoms with van der Waals surface area (Å²) in [6, 6.07) is 0.315. The van der Waals surface area contributed by atoms with E-state index >= 15 is 0 Å². The van der Waals surface area contributed by atoms with Crippen LogP contribution in [0, 0.1) is 23.7 Å². The minimum Gasteiger partial charge on any atom is -0.465 e. The van der Waals surface area contributed by atoms with E-state index < -0.39 is 12.2 Å². The van der Waals surface area contributed by atoms with Crippen molar-refractivity contribution in [2.45, 2.75) is 152 Å². The number of likely N-dealkylation sites (N-methyl/N-ethyl adjacent to an activating group) is 2. The molecule has 0 aromatic rings. The smallest absolute Gasteiger partial charge is 0.316 e. The Morgan fingerprint density at radius 3 is 2.11 bits per heavy atom. The molecule has 2 fully saturated rings. The van der Waals surface area contributed by atoms with Crippen LogP contribution in [-0.4, -0.2) is 109 Å². The molecular weight excluding hydrogens is 594 g/mol. The van der Waals surface area contributed by atoms with Gasteiger partial charge in [-0.3, -0.25) is 19.3 Å². The van der Waals surface area contributed by atoms with E-state index in [1.807, 2.05) is 60.4 Å². The van der Waals surface area contributed by atoms with Crippen LogP contribution in [0.25, 0.3) is 0 Å². The van der Waals surface area contributed by atoms with Crippen LogP contribution in [0.4, 0.5) is 0 Å². The molecule has 0 bridgehead atoms. The van der Waals surface area contributed by atoms with E-state index in [1.54, 1.807) is 0 Å². The van der Waals surface area contributed by atoms with E-state index in [-0.39, 0.29) is 29.7 Å². The zero-order valence-corrected chi connectivity index (χ0v) is 33.0. The second-order valence-electron chi connectivity index (χ2n) is 13.7. The number of aliphatic hydroxyl groups is 1. The molecule has 2 rings (SSSR count). The summed E-state index contributed by atoms with van der Waals surface area (Å²) in [5, 5.41) is 9.03. The lowest BCUT2D eigenvalue weighted by Crippen LogP contribution is -2.44. The number of esters is 1. The molecular formula is C38H77N3O6. The largest absolute Gasteiger partial charge is 0.465 e. The van der Waals surface area contributed by atoms with Gasteiger partial charge in [-0.25, -0.2) is 0 Å². The number of aliphatic hydroxyl groups excluding tert-OH is 1. The van der Waals surface area contributed by atoms with Gasteiger partial charge in [0.2, 0.25) is 5.91 Å². The molecule has 280 valence electrons. The van der Waals surface area contributed by atoms with Gasteiger partial charge in [0.1, 0.15) is 11.7 Å². The summed E-state index contributed by atoms with van der Waals surface area (Å²) < 4.78 is 10.6. The molecule has 9 heteroatoms. The number of carbonyl (C=O) groups excluding carboxylic acids is 3. The van der Waals surface area contributed by atoms with Crippen LogP contribution in [0.5, 0.6) is 0 Å². The Balaban J connectivity index is 0. The number of ether oxygens (including phenoxy) is 2. The summed E-state index contributed by atoms with van der Waals surface area (Å²) in [7, 11) is 4.10. The average Bonchev–Trinajstić information content (AvgIpc) is 3.01. The van der Waals surface area contributed by atoms with Crippen LogP contribution in [0.15, 0.2) is 0 Å². The first-order chi connectivity index (χ1) is 22.2. The molecule has 0 aliphatic carbocycles. The zero-order valence-electron chi connectivity index (χ0n) is 33.0. The average molecular weight is 672 g/mol. The highest BCUT2D eigenvalue weighted by atomic mass is 16.6. The minimum absolute atomic E-state index is 0.0305. The Kier molecular flexibility index (Phi) is 28.6. The van der Waals surface area contributed by atoms with Crippen molar-refractivity contribution in [2.75, 3.05) is 53.4 Å². The number of amides is 1. The minimum atomic E-state index is -0.651. The Hall–Kier alpha value is -1.55. The van der Waals surface area contributed by atoms with Gasteiger partial charge in [-0.1, -0.05) is 61.8 Å². The Bertz CT molecular complexity index is 785. The molecule has 2 aliphatic rings. The fourth-order valence-corrected chi connectivity index (χ4v) is 5.88. The van der Waals surface area contributed by atoms with Gasteiger partial charge >= 0.3 is 5.97 Å². The third kappa shape index (κ3) is 21.9. The maximum atomic E-state index is 13.0. The van der Waals surface area contributed by atoms with Crippen LogP contribution in [0.1, 0.15) is 134 Å². The van der Waals surface area contributed by atoms with Gasteiger partial charge in [0.25, 0.3) is 0 Å². The van der Waals surface area contributed by atoms with Crippen molar-refractivity contribution < 1.29 is 29.0 Å². The van der Waals surface area contributed by atoms with Gasteiger partial charge in [0.15, 0.2) is 6.29 Å². The predicted octanol–water partition coefficient (Wildman–Crippen LogP) is 7.04. The second-order valence-corrected chi connectivity index (χ2v) is 13.7. The highest BCUT2D eigenvalue weighted by Crippen LogP contribution is 2.24. The van der Waals surface area contributed by atoms with Crippen molar-refractivity contribution in [3.05, 3.63) is 0 Å². The summed E-state index contributed by atoms with van der Waals surface area (Å²) in [5.74, 6) is 0.0647. The van der Waals surface area contributed by atoms with E-state index in [1.165, 1.54) is 0 Å². The molecule has 6 atom stereocenters. The van der Waals surface area contributed by atoms with Crippen LogP contribution in [0.3, 0.4) is 0 Å². The fraction of sp³-hybridized carbons (Fsp3) is 0.921. The van der Waals surface area contributed by atoms with Gasteiger partial charge in [-0.15, -0.1) is 0 Å². The lowest BCUT2D eigenvalue weighted by Gasteiger charge is -2.29. The van der Waals surface area contributed by atoms with Crippen molar-refractivity contribution in [1.29, 1.82) is 0 Å². The highest BCUT2D eigenvalue weighted by Gasteiger charge is 2.31. The SMILES string of the molecule is CC.CC.CCCC1C(=O)OCCCCN(C(=O)CN(C)C(C)C)CCN(C)CCC[C@@H](C)C[C@@H](C)C1=O.C[C@H]1C[C@@H](C)O[C@@H](O)C1. The van der Waals surface area contributed by atoms with Crippen LogP contribution in [0.2, 0.25) is 0 Å². The maximum absolute atomic E-state index is 13.0. The van der Waals surface area contributed by atoms with Crippen molar-refractivity contribution in [1.82, 2.24) is 14.7 Å². The number of hydrogen-bond acceptors (Lipinski definition) is 8. The topological polar surface area (TPSA) is 99.6 Å². The predicted molar refractivity (Wildman–Crippen MR) is 195 cm³/mol. The van der Waals surface area contributed by atoms with Gasteiger partial charge in [-0.05, 0) is 98.2 Å². The number of hydrogen-bond donors (Lipinski definition) is 1. The molecule has 1 amide bonds. The number of cyclic esters (lactones) is 1. The Morgan fingerprint density at radius 1 is 0.915 bits per heavy atom. The van der Waals surface area contributed by atoms with E-state index in [2.05, 4.69) is 44.5 Å². The standard InChI is InChI=1S/C27H51N3O4.C7H14O2.2C2H6/c1-8-12-24-26(32)23(5)19-22(4)13-11-14-28(6)16-17-30(15-9-10-18-34-27(24)33)25(31)20-29(7)21(2)3;1-5-3-6(2)9-7(8)4-5;2*1-2/h21-24H,8-20H2,1-7H3;5-8H,3-4H2,1-2H3;2*1-2H3/t22-,23-,24?;5-,6+,7+;;/m10../s1. The van der Waals surface area contributed by atoms with E-state index in [4.69, 9.17) is 14.6 Å². The molecule has 1 unspecified atom stereocenters. The molecule has 0 saturated carbocycles. The summed E-state index contributed by atoms with van der Waals surface area (Å²) in [4.78, 5) is 45.0. The summed E-state index contributed by atoms with van der Waals surface area (Å²) in [5.41, 5.74) is 0. The number of nitrogens with zero attached hydrogens (tertiary/aromatic N) is 3. The lowest BCUT2D eigenvalue weighted by molar-refractivity contribution is -0.169. The molecule has 47 heavy (non-hydrogen) atoms. The lowest BCUT2D eigenvalue weighted by atomic mass is 9.84. The monoisotopic (exact) mass is 672 g/mol. The molecule has 0 radical (unpaired) electrons. The van der Waals surface area contributed by atoms with Crippen molar-refractivity contribution in [3.63, 3.8) is 0 Å². The molecule has 0 aromatic heterocycles. The number of ketones is 1. The number of Topliss-reactive ketones (excluding diaryl/α,β-unsaturated/α-hetero) is 1. The summed E-state index contributed by atoms with van der Waals surface area (Å²) in [6.45, 7) is 26.4. The van der Waals surface area contributed by atoms with Gasteiger partial charge in [0, 0.05) is 38.0 Å². The van der Waals surface area contributed by atoms with Gasteiger partial charge in [-0.2, -0.15) is 0 Å². The molecule has 0 aromatic carbocycles. The first kappa shape index (κ1) is 47.6. The number of rotatable bonds is 5. The van der Waals surface area contributed by atoms with E-state index in [9.17, 15) is 14.4 Å². The zero-order chi connectivity index (χ0) is 36.5. The first-order valence-electron chi connectivity index (χ1n) is 18.9. The van der Waals surface area contributed by atoms with Gasteiger partial charge in [0.05, 0.1) is 19.3 Å². The summed E-state index contributed by atoms with van der Waals surface area (Å²) >= 11 is 0. The van der Waals surface area contributed by atoms with E-state index in [0.29, 0.717) is 57.0 Å². The number of carbonyl (C=O) groups is 3. The quantitative estimate of drug-likeness (QED) is 0.245. The molecule has 2 heterocycles. The molecule has 9 nitrogen and oxygen atoms in total. The Labute approximate surface area is 290 Å². The molecule has 0 spiro atoms. The molecule has 2 aliphatic heterocycles. The third-order valence-corrected chi connectivity index (χ3v) is 8.85. The van der Waals surface area contributed by atoms with E-state index in [0.717, 1.165) is 58.0 Å². The molecule has 2 saturated heterocycles. The van der Waals surface area contributed by atoms with Crippen molar-refractivity contribution >= 4 is 17.7 Å². The van der Waals surface area contributed by atoms with Crippen molar-refractivity contribution in [2.24, 2.45) is 23.7 Å². The second kappa shape index (κ2) is 28.3. The normalized spacial score (nSPS) is 27.5.